The van der Waals surface area contributed by atoms with Crippen LogP contribution in [0.3, 0.4) is 0 Å². The van der Waals surface area contributed by atoms with Crippen LogP contribution in [-0.4, -0.2) is 29.4 Å². The predicted molar refractivity (Wildman–Crippen MR) is 200 cm³/mol. The number of anilines is 3. The number of carboxylic acid groups (broad SMARTS) is 1. The number of hydrogen-bond donors (Lipinski definition) is 1. The monoisotopic (exact) mass is 662 g/mol. The van der Waals surface area contributed by atoms with Crippen LogP contribution >= 0.6 is 11.3 Å². The van der Waals surface area contributed by atoms with Crippen LogP contribution in [0.1, 0.15) is 93.8 Å². The van der Waals surface area contributed by atoms with E-state index in [1.807, 2.05) is 17.9 Å². The highest BCUT2D eigenvalue weighted by atomic mass is 32.1. The van der Waals surface area contributed by atoms with Crippen LogP contribution in [0.2, 0.25) is 0 Å². The average Bonchev–Trinajstić information content (AvgIpc) is 3.89. The molecule has 2 atom stereocenters. The van der Waals surface area contributed by atoms with Gasteiger partial charge in [0.15, 0.2) is 0 Å². The van der Waals surface area contributed by atoms with E-state index in [1.165, 1.54) is 75.0 Å². The molecule has 0 bridgehead atoms. The molecule has 4 aliphatic rings. The zero-order chi connectivity index (χ0) is 33.8. The molecule has 0 saturated heterocycles. The number of carboxylic acids is 1. The molecule has 1 N–H and O–H groups in total. The lowest BCUT2D eigenvalue weighted by molar-refractivity contribution is 0.0696. The van der Waals surface area contributed by atoms with Crippen molar-refractivity contribution in [3.8, 4) is 21.6 Å². The van der Waals surface area contributed by atoms with Gasteiger partial charge in [-0.3, -0.25) is 4.79 Å². The van der Waals surface area contributed by atoms with Crippen LogP contribution in [-0.2, 0) is 5.41 Å². The fourth-order valence-corrected chi connectivity index (χ4v) is 10.2. The second-order valence-electron chi connectivity index (χ2n) is 14.4. The number of aryl methyl sites for hydroxylation is 1. The van der Waals surface area contributed by atoms with Crippen molar-refractivity contribution in [1.82, 2.24) is 0 Å². The maximum Gasteiger partial charge on any atom is 0.335 e. The first kappa shape index (κ1) is 30.1. The molecule has 0 amide bonds. The Bertz CT molecular complexity index is 2280. The van der Waals surface area contributed by atoms with Gasteiger partial charge in [-0.1, -0.05) is 56.7 Å². The third-order valence-corrected chi connectivity index (χ3v) is 12.7. The smallest absolute Gasteiger partial charge is 0.335 e. The Kier molecular flexibility index (Phi) is 6.63. The van der Waals surface area contributed by atoms with Crippen LogP contribution in [0.5, 0.6) is 0 Å². The average molecular weight is 663 g/mol. The van der Waals surface area contributed by atoms with E-state index in [0.29, 0.717) is 35.5 Å². The minimum Gasteiger partial charge on any atom is -0.478 e. The minimum absolute atomic E-state index is 0.000460. The van der Waals surface area contributed by atoms with Gasteiger partial charge in [-0.15, -0.1) is 11.3 Å². The topological polar surface area (TPSA) is 60.9 Å². The number of aromatic carboxylic acids is 1. The first-order valence-corrected chi connectivity index (χ1v) is 18.2. The maximum atomic E-state index is 13.5. The molecule has 2 unspecified atom stereocenters. The first-order chi connectivity index (χ1) is 23.7. The minimum atomic E-state index is -0.994. The van der Waals surface area contributed by atoms with Gasteiger partial charge in [-0.25, -0.2) is 4.79 Å². The highest BCUT2D eigenvalue weighted by molar-refractivity contribution is 7.16. The van der Waals surface area contributed by atoms with Gasteiger partial charge in [0.05, 0.1) is 16.9 Å². The van der Waals surface area contributed by atoms with Crippen molar-refractivity contribution in [2.24, 2.45) is 0 Å². The van der Waals surface area contributed by atoms with Crippen LogP contribution in [0.4, 0.5) is 17.1 Å². The summed E-state index contributed by atoms with van der Waals surface area (Å²) in [5, 5.41) is 9.53. The maximum absolute atomic E-state index is 13.5. The molecular formula is C43H38N2O3S. The van der Waals surface area contributed by atoms with Crippen molar-refractivity contribution in [2.45, 2.75) is 64.3 Å². The van der Waals surface area contributed by atoms with Gasteiger partial charge in [0, 0.05) is 50.6 Å². The number of allylic oxidation sites excluding steroid dienone is 1. The molecule has 5 nitrogen and oxygen atoms in total. The summed E-state index contributed by atoms with van der Waals surface area (Å²) in [6, 6.07) is 30.5. The number of benzene rings is 4. The normalized spacial score (nSPS) is 20.4. The Morgan fingerprint density at radius 3 is 2.55 bits per heavy atom. The van der Waals surface area contributed by atoms with Crippen molar-refractivity contribution < 1.29 is 14.7 Å². The zero-order valence-corrected chi connectivity index (χ0v) is 29.0. The Morgan fingerprint density at radius 1 is 0.918 bits per heavy atom. The van der Waals surface area contributed by atoms with Crippen molar-refractivity contribution >= 4 is 46.2 Å². The fraction of sp³-hybridized carbons (Fsp3) is 0.256. The summed E-state index contributed by atoms with van der Waals surface area (Å²) in [5.41, 5.74) is 13.9. The van der Waals surface area contributed by atoms with Gasteiger partial charge >= 0.3 is 5.97 Å². The van der Waals surface area contributed by atoms with E-state index in [9.17, 15) is 14.7 Å². The lowest BCUT2D eigenvalue weighted by atomic mass is 9.82. The van der Waals surface area contributed by atoms with E-state index < -0.39 is 5.97 Å². The molecular weight excluding hydrogens is 625 g/mol. The Morgan fingerprint density at radius 2 is 1.73 bits per heavy atom. The van der Waals surface area contributed by atoms with E-state index in [4.69, 9.17) is 0 Å². The SMILES string of the molecule is CCN1/C(=C/c2sc(-c3ccc4c(c3)C3CCCC3N4c3ccc4c(c3)-c3ccccc3C4(C)C)cc2C)C(=O)c2ccc(C(=O)O)cc21. The third-order valence-electron chi connectivity index (χ3n) is 11.5. The van der Waals surface area contributed by atoms with E-state index in [1.54, 1.807) is 23.5 Å². The highest BCUT2D eigenvalue weighted by Gasteiger charge is 2.43. The molecule has 2 aliphatic heterocycles. The summed E-state index contributed by atoms with van der Waals surface area (Å²) in [4.78, 5) is 32.0. The standard InChI is InChI=1S/C43H38N2O3S/c1-5-44-37-21-26(42(47)48)13-16-30(37)41(46)38(44)23-39-24(2)19-40(49-39)25-14-18-36-32(20-25)29-10-8-12-35(29)45(36)27-15-17-34-31(22-27)28-9-6-7-11-33(28)43(34,3)4/h6-7,9,11,13-23,29,35H,5,8,10,12H2,1-4H3,(H,47,48)/b38-23+. The summed E-state index contributed by atoms with van der Waals surface area (Å²) in [7, 11) is 0. The Labute approximate surface area is 291 Å². The second kappa shape index (κ2) is 10.8. The molecule has 2 aliphatic carbocycles. The highest BCUT2D eigenvalue weighted by Crippen LogP contribution is 2.55. The zero-order valence-electron chi connectivity index (χ0n) is 28.2. The molecule has 3 heterocycles. The van der Waals surface area contributed by atoms with Gasteiger partial charge in [0.25, 0.3) is 0 Å². The second-order valence-corrected chi connectivity index (χ2v) is 15.5. The van der Waals surface area contributed by atoms with Crippen LogP contribution in [0.15, 0.2) is 90.6 Å². The Balaban J connectivity index is 1.07. The number of ketones is 1. The van der Waals surface area contributed by atoms with E-state index in [0.717, 1.165) is 10.4 Å². The molecule has 6 heteroatoms. The van der Waals surface area contributed by atoms with Gasteiger partial charge < -0.3 is 14.9 Å². The number of nitrogens with zero attached hydrogens (tertiary/aromatic N) is 2. The number of likely N-dealkylation sites (N-methyl/N-ethyl adjacent to an activating group) is 1. The number of carbonyl (C=O) groups is 2. The number of thiophene rings is 1. The van der Waals surface area contributed by atoms with Crippen molar-refractivity contribution in [1.29, 1.82) is 0 Å². The largest absolute Gasteiger partial charge is 0.478 e. The van der Waals surface area contributed by atoms with Gasteiger partial charge in [-0.05, 0) is 120 Å². The first-order valence-electron chi connectivity index (χ1n) is 17.4. The van der Waals surface area contributed by atoms with Crippen LogP contribution in [0, 0.1) is 6.92 Å². The third kappa shape index (κ3) is 4.36. The molecule has 0 spiro atoms. The number of Topliss-reactive ketones (excluding diaryl/α,β-unsaturated/α-hetero) is 1. The summed E-state index contributed by atoms with van der Waals surface area (Å²) in [6.45, 7) is 9.35. The quantitative estimate of drug-likeness (QED) is 0.190. The van der Waals surface area contributed by atoms with Crippen molar-refractivity contribution in [2.75, 3.05) is 16.3 Å². The fourth-order valence-electron chi connectivity index (χ4n) is 9.06. The lowest BCUT2D eigenvalue weighted by Crippen LogP contribution is -2.26. The molecule has 1 saturated carbocycles. The lowest BCUT2D eigenvalue weighted by Gasteiger charge is -2.28. The van der Waals surface area contributed by atoms with Gasteiger partial charge in [0.1, 0.15) is 0 Å². The van der Waals surface area contributed by atoms with Crippen molar-refractivity contribution in [3.63, 3.8) is 0 Å². The van der Waals surface area contributed by atoms with Crippen LogP contribution < -0.4 is 9.80 Å². The molecule has 244 valence electrons. The molecule has 49 heavy (non-hydrogen) atoms. The molecule has 4 aromatic carbocycles. The van der Waals surface area contributed by atoms with E-state index >= 15 is 0 Å². The van der Waals surface area contributed by atoms with Crippen LogP contribution in [0.25, 0.3) is 27.6 Å². The molecule has 9 rings (SSSR count). The molecule has 1 aromatic heterocycles. The Hall–Kier alpha value is -4.94. The molecule has 1 fully saturated rings. The number of fused-ring (bicyclic) bond motifs is 7. The number of carbonyl (C=O) groups excluding carboxylic acids is 1. The van der Waals surface area contributed by atoms with E-state index in [-0.39, 0.29) is 16.8 Å². The molecule has 0 radical (unpaired) electrons. The summed E-state index contributed by atoms with van der Waals surface area (Å²) in [6.07, 6.45) is 5.63. The molecule has 5 aromatic rings. The number of rotatable bonds is 5. The summed E-state index contributed by atoms with van der Waals surface area (Å²) >= 11 is 1.71. The van der Waals surface area contributed by atoms with Crippen molar-refractivity contribution in [3.05, 3.63) is 129 Å². The predicted octanol–water partition coefficient (Wildman–Crippen LogP) is 10.6. The summed E-state index contributed by atoms with van der Waals surface area (Å²) in [5.74, 6) is -0.546. The summed E-state index contributed by atoms with van der Waals surface area (Å²) < 4.78 is 0. The van der Waals surface area contributed by atoms with Gasteiger partial charge in [-0.2, -0.15) is 0 Å². The number of hydrogen-bond acceptors (Lipinski definition) is 5. The van der Waals surface area contributed by atoms with Gasteiger partial charge in [0.2, 0.25) is 5.78 Å². The van der Waals surface area contributed by atoms with E-state index in [2.05, 4.69) is 92.4 Å².